The van der Waals surface area contributed by atoms with Gasteiger partial charge in [-0.15, -0.1) is 11.3 Å². The predicted molar refractivity (Wildman–Crippen MR) is 128 cm³/mol. The molecule has 164 valence electrons. The summed E-state index contributed by atoms with van der Waals surface area (Å²) in [6, 6.07) is 11.1. The number of ether oxygens (including phenoxy) is 1. The number of benzene rings is 1. The maximum absolute atomic E-state index is 13.6. The van der Waals surface area contributed by atoms with Crippen molar-refractivity contribution in [3.63, 3.8) is 0 Å². The number of aromatic nitrogens is 3. The highest BCUT2D eigenvalue weighted by molar-refractivity contribution is 7.14. The van der Waals surface area contributed by atoms with Crippen LogP contribution in [0.4, 0.5) is 5.13 Å². The Kier molecular flexibility index (Phi) is 5.90. The molecule has 4 aromatic rings. The SMILES string of the molecule is Cc1cccc2nc(C(=O)N(CC3CCCO3)c3nc(-c4ccc(Cl)cc4Cl)cs3)cn12. The lowest BCUT2D eigenvalue weighted by molar-refractivity contribution is 0.0914. The lowest BCUT2D eigenvalue weighted by atomic mass is 10.2. The summed E-state index contributed by atoms with van der Waals surface area (Å²) in [6.45, 7) is 3.12. The minimum Gasteiger partial charge on any atom is -0.376 e. The third-order valence-electron chi connectivity index (χ3n) is 5.50. The van der Waals surface area contributed by atoms with Crippen LogP contribution in [0.3, 0.4) is 0 Å². The van der Waals surface area contributed by atoms with Crippen molar-refractivity contribution in [1.29, 1.82) is 0 Å². The van der Waals surface area contributed by atoms with Gasteiger partial charge >= 0.3 is 0 Å². The molecule has 1 amide bonds. The van der Waals surface area contributed by atoms with E-state index < -0.39 is 0 Å². The molecule has 1 aromatic carbocycles. The number of halogens is 2. The number of rotatable bonds is 5. The largest absolute Gasteiger partial charge is 0.376 e. The van der Waals surface area contributed by atoms with Gasteiger partial charge in [-0.2, -0.15) is 0 Å². The molecule has 9 heteroatoms. The summed E-state index contributed by atoms with van der Waals surface area (Å²) >= 11 is 13.8. The van der Waals surface area contributed by atoms with Crippen LogP contribution < -0.4 is 4.90 Å². The Morgan fingerprint density at radius 1 is 1.28 bits per heavy atom. The Balaban J connectivity index is 1.51. The molecule has 1 saturated heterocycles. The second-order valence-electron chi connectivity index (χ2n) is 7.71. The van der Waals surface area contributed by atoms with Crippen molar-refractivity contribution in [2.24, 2.45) is 0 Å². The van der Waals surface area contributed by atoms with Crippen LogP contribution in [-0.4, -0.2) is 39.5 Å². The topological polar surface area (TPSA) is 59.7 Å². The van der Waals surface area contributed by atoms with Crippen LogP contribution >= 0.6 is 34.5 Å². The summed E-state index contributed by atoms with van der Waals surface area (Å²) in [4.78, 5) is 24.6. The van der Waals surface area contributed by atoms with Crippen LogP contribution in [0.1, 0.15) is 29.0 Å². The molecule has 1 aliphatic heterocycles. The van der Waals surface area contributed by atoms with Gasteiger partial charge in [0, 0.05) is 34.5 Å². The number of imidazole rings is 1. The smallest absolute Gasteiger partial charge is 0.280 e. The molecular formula is C23H20Cl2N4O2S. The van der Waals surface area contributed by atoms with Gasteiger partial charge in [-0.1, -0.05) is 29.3 Å². The zero-order valence-electron chi connectivity index (χ0n) is 17.3. The Morgan fingerprint density at radius 3 is 2.91 bits per heavy atom. The molecule has 4 heterocycles. The summed E-state index contributed by atoms with van der Waals surface area (Å²) in [5.74, 6) is -0.202. The summed E-state index contributed by atoms with van der Waals surface area (Å²) in [5.41, 5.74) is 3.58. The molecule has 1 fully saturated rings. The van der Waals surface area contributed by atoms with Crippen LogP contribution in [0.5, 0.6) is 0 Å². The van der Waals surface area contributed by atoms with E-state index in [2.05, 4.69) is 4.98 Å². The van der Waals surface area contributed by atoms with Crippen molar-refractivity contribution >= 4 is 51.2 Å². The Labute approximate surface area is 199 Å². The Bertz CT molecular complexity index is 1300. The van der Waals surface area contributed by atoms with E-state index in [4.69, 9.17) is 32.9 Å². The third-order valence-corrected chi connectivity index (χ3v) is 6.91. The van der Waals surface area contributed by atoms with Crippen molar-refractivity contribution in [2.75, 3.05) is 18.1 Å². The standard InChI is InChI=1S/C23H20Cl2N4O2S/c1-14-4-2-6-21-26-19(12-28(14)21)22(30)29(11-16-5-3-9-31-16)23-27-20(13-32-23)17-8-7-15(24)10-18(17)25/h2,4,6-8,10,12-13,16H,3,5,9,11H2,1H3. The Morgan fingerprint density at radius 2 is 2.16 bits per heavy atom. The quantitative estimate of drug-likeness (QED) is 0.352. The number of hydrogen-bond donors (Lipinski definition) is 0. The average Bonchev–Trinajstić information content (AvgIpc) is 3.52. The third kappa shape index (κ3) is 4.13. The fourth-order valence-electron chi connectivity index (χ4n) is 3.84. The molecule has 3 aromatic heterocycles. The van der Waals surface area contributed by atoms with E-state index in [1.807, 2.05) is 41.0 Å². The van der Waals surface area contributed by atoms with E-state index in [1.54, 1.807) is 23.2 Å². The molecule has 0 saturated carbocycles. The zero-order valence-corrected chi connectivity index (χ0v) is 19.6. The maximum atomic E-state index is 13.6. The zero-order chi connectivity index (χ0) is 22.2. The number of nitrogens with zero attached hydrogens (tertiary/aromatic N) is 4. The second-order valence-corrected chi connectivity index (χ2v) is 9.39. The molecule has 1 aliphatic rings. The number of hydrogen-bond acceptors (Lipinski definition) is 5. The maximum Gasteiger partial charge on any atom is 0.280 e. The van der Waals surface area contributed by atoms with Crippen molar-refractivity contribution in [3.05, 3.63) is 69.4 Å². The van der Waals surface area contributed by atoms with Gasteiger partial charge in [-0.05, 0) is 50.1 Å². The van der Waals surface area contributed by atoms with Gasteiger partial charge in [0.15, 0.2) is 5.13 Å². The van der Waals surface area contributed by atoms with Crippen LogP contribution in [0.15, 0.2) is 48.0 Å². The second kappa shape index (κ2) is 8.83. The van der Waals surface area contributed by atoms with Crippen molar-refractivity contribution in [1.82, 2.24) is 14.4 Å². The summed E-state index contributed by atoms with van der Waals surface area (Å²) in [7, 11) is 0. The number of amides is 1. The number of thiazole rings is 1. The first-order chi connectivity index (χ1) is 15.5. The van der Waals surface area contributed by atoms with Gasteiger partial charge in [0.25, 0.3) is 5.91 Å². The first-order valence-electron chi connectivity index (χ1n) is 10.3. The highest BCUT2D eigenvalue weighted by Crippen LogP contribution is 2.34. The molecule has 1 unspecified atom stereocenters. The molecule has 0 spiro atoms. The lowest BCUT2D eigenvalue weighted by Gasteiger charge is -2.22. The van der Waals surface area contributed by atoms with E-state index in [0.717, 1.165) is 29.7 Å². The summed E-state index contributed by atoms with van der Waals surface area (Å²) in [6.07, 6.45) is 3.66. The molecule has 0 bridgehead atoms. The minimum absolute atomic E-state index is 0.0239. The van der Waals surface area contributed by atoms with Gasteiger partial charge in [-0.25, -0.2) is 9.97 Å². The highest BCUT2D eigenvalue weighted by atomic mass is 35.5. The van der Waals surface area contributed by atoms with Crippen molar-refractivity contribution < 1.29 is 9.53 Å². The van der Waals surface area contributed by atoms with Crippen molar-refractivity contribution in [2.45, 2.75) is 25.9 Å². The number of carbonyl (C=O) groups is 1. The van der Waals surface area contributed by atoms with Crippen LogP contribution in [0.25, 0.3) is 16.9 Å². The number of pyridine rings is 1. The summed E-state index contributed by atoms with van der Waals surface area (Å²) < 4.78 is 7.73. The molecule has 0 radical (unpaired) electrons. The molecular weight excluding hydrogens is 467 g/mol. The molecule has 1 atom stereocenters. The number of anilines is 1. The molecule has 0 N–H and O–H groups in total. The number of carbonyl (C=O) groups excluding carboxylic acids is 1. The first kappa shape index (κ1) is 21.4. The van der Waals surface area contributed by atoms with E-state index in [1.165, 1.54) is 11.3 Å². The van der Waals surface area contributed by atoms with Crippen LogP contribution in [0.2, 0.25) is 10.0 Å². The molecule has 0 aliphatic carbocycles. The van der Waals surface area contributed by atoms with Crippen LogP contribution in [0, 0.1) is 6.92 Å². The molecule has 5 rings (SSSR count). The van der Waals surface area contributed by atoms with E-state index >= 15 is 0 Å². The molecule has 32 heavy (non-hydrogen) atoms. The van der Waals surface area contributed by atoms with Crippen molar-refractivity contribution in [3.8, 4) is 11.3 Å². The van der Waals surface area contributed by atoms with E-state index in [-0.39, 0.29) is 12.0 Å². The average molecular weight is 487 g/mol. The first-order valence-corrected chi connectivity index (χ1v) is 11.9. The van der Waals surface area contributed by atoms with E-state index in [9.17, 15) is 4.79 Å². The number of fused-ring (bicyclic) bond motifs is 1. The van der Waals surface area contributed by atoms with Gasteiger partial charge in [0.1, 0.15) is 11.3 Å². The van der Waals surface area contributed by atoms with Gasteiger partial charge < -0.3 is 9.14 Å². The predicted octanol–water partition coefficient (Wildman–Crippen LogP) is 5.90. The van der Waals surface area contributed by atoms with E-state index in [0.29, 0.717) is 39.7 Å². The summed E-state index contributed by atoms with van der Waals surface area (Å²) in [5, 5.41) is 3.56. The van der Waals surface area contributed by atoms with Gasteiger partial charge in [0.2, 0.25) is 0 Å². The lowest BCUT2D eigenvalue weighted by Crippen LogP contribution is -2.37. The highest BCUT2D eigenvalue weighted by Gasteiger charge is 2.28. The monoisotopic (exact) mass is 486 g/mol. The fourth-order valence-corrected chi connectivity index (χ4v) is 5.18. The number of aryl methyl sites for hydroxylation is 1. The molecule has 6 nitrogen and oxygen atoms in total. The fraction of sp³-hybridized carbons (Fsp3) is 0.261. The Hall–Kier alpha value is -2.45. The normalized spacial score (nSPS) is 16.0. The van der Waals surface area contributed by atoms with Gasteiger partial charge in [0.05, 0.1) is 23.4 Å². The van der Waals surface area contributed by atoms with Crippen LogP contribution in [-0.2, 0) is 4.74 Å². The minimum atomic E-state index is -0.202. The van der Waals surface area contributed by atoms with Gasteiger partial charge in [-0.3, -0.25) is 9.69 Å².